The lowest BCUT2D eigenvalue weighted by Gasteiger charge is -2.00. The van der Waals surface area contributed by atoms with Crippen molar-refractivity contribution in [3.8, 4) is 5.13 Å². The second-order valence-electron chi connectivity index (χ2n) is 6.10. The summed E-state index contributed by atoms with van der Waals surface area (Å²) in [6.07, 6.45) is 0. The molecule has 3 aromatic heterocycles. The van der Waals surface area contributed by atoms with Gasteiger partial charge in [-0.1, -0.05) is 59.9 Å². The van der Waals surface area contributed by atoms with Crippen LogP contribution < -0.4 is 0 Å². The van der Waals surface area contributed by atoms with Crippen LogP contribution >= 0.6 is 22.7 Å². The summed E-state index contributed by atoms with van der Waals surface area (Å²) >= 11 is 3.60. The highest BCUT2D eigenvalue weighted by Crippen LogP contribution is 2.43. The fraction of sp³-hybridized carbons (Fsp3) is 0. The molecule has 118 valence electrons. The zero-order valence-electron chi connectivity index (χ0n) is 13.1. The van der Waals surface area contributed by atoms with E-state index in [1.807, 2.05) is 11.3 Å². The zero-order valence-corrected chi connectivity index (χ0v) is 14.8. The van der Waals surface area contributed by atoms with Gasteiger partial charge < -0.3 is 0 Å². The van der Waals surface area contributed by atoms with Gasteiger partial charge in [-0.25, -0.2) is 4.98 Å². The quantitative estimate of drug-likeness (QED) is 0.324. The first-order valence-electron chi connectivity index (χ1n) is 8.17. The van der Waals surface area contributed by atoms with E-state index in [1.165, 1.54) is 35.9 Å². The van der Waals surface area contributed by atoms with Gasteiger partial charge >= 0.3 is 0 Å². The van der Waals surface area contributed by atoms with Crippen molar-refractivity contribution in [2.45, 2.75) is 0 Å². The number of rotatable bonds is 1. The van der Waals surface area contributed by atoms with Crippen molar-refractivity contribution in [1.29, 1.82) is 0 Å². The number of thiazole rings is 1. The van der Waals surface area contributed by atoms with Crippen LogP contribution in [0.1, 0.15) is 0 Å². The number of hydrogen-bond donors (Lipinski definition) is 0. The van der Waals surface area contributed by atoms with Gasteiger partial charge in [0.1, 0.15) is 4.83 Å². The van der Waals surface area contributed by atoms with Crippen LogP contribution in [0.15, 0.2) is 72.8 Å². The van der Waals surface area contributed by atoms with Gasteiger partial charge in [-0.05, 0) is 24.3 Å². The molecule has 3 heterocycles. The molecule has 0 N–H and O–H groups in total. The second kappa shape index (κ2) is 4.91. The number of fused-ring (bicyclic) bond motifs is 6. The summed E-state index contributed by atoms with van der Waals surface area (Å²) in [6.45, 7) is 0. The number of para-hydroxylation sites is 2. The molecule has 0 spiro atoms. The van der Waals surface area contributed by atoms with Crippen molar-refractivity contribution in [3.63, 3.8) is 0 Å². The maximum Gasteiger partial charge on any atom is 0.196 e. The van der Waals surface area contributed by atoms with Crippen LogP contribution in [0.5, 0.6) is 0 Å². The molecule has 0 saturated heterocycles. The van der Waals surface area contributed by atoms with Gasteiger partial charge in [0.15, 0.2) is 5.13 Å². The molecular weight excluding hydrogens is 344 g/mol. The zero-order chi connectivity index (χ0) is 16.4. The molecule has 0 bridgehead atoms. The Balaban J connectivity index is 1.83. The minimum atomic E-state index is 1.04. The number of thiophene rings is 1. The first-order chi connectivity index (χ1) is 12.4. The van der Waals surface area contributed by atoms with Crippen LogP contribution in [0.3, 0.4) is 0 Å². The van der Waals surface area contributed by atoms with E-state index in [0.717, 1.165) is 10.6 Å². The van der Waals surface area contributed by atoms with Crippen molar-refractivity contribution in [2.24, 2.45) is 0 Å². The normalized spacial score (nSPS) is 12.0. The van der Waals surface area contributed by atoms with Gasteiger partial charge in [0.25, 0.3) is 0 Å². The molecule has 0 fully saturated rings. The average Bonchev–Trinajstić information content (AvgIpc) is 3.31. The van der Waals surface area contributed by atoms with Gasteiger partial charge in [0.2, 0.25) is 0 Å². The van der Waals surface area contributed by atoms with Crippen LogP contribution in [0.2, 0.25) is 0 Å². The number of benzene rings is 3. The van der Waals surface area contributed by atoms with Gasteiger partial charge in [0, 0.05) is 20.9 Å². The summed E-state index contributed by atoms with van der Waals surface area (Å²) in [7, 11) is 0. The molecule has 0 aliphatic heterocycles. The van der Waals surface area contributed by atoms with Crippen LogP contribution in [0, 0.1) is 0 Å². The number of aromatic nitrogens is 2. The third-order valence-electron chi connectivity index (χ3n) is 4.67. The molecule has 0 unspecified atom stereocenters. The van der Waals surface area contributed by atoms with Crippen molar-refractivity contribution < 1.29 is 0 Å². The Hall–Kier alpha value is -2.69. The average molecular weight is 356 g/mol. The predicted molar refractivity (Wildman–Crippen MR) is 109 cm³/mol. The molecule has 6 aromatic rings. The molecule has 0 aliphatic rings. The smallest absolute Gasteiger partial charge is 0.196 e. The highest BCUT2D eigenvalue weighted by Gasteiger charge is 2.18. The Bertz CT molecular complexity index is 1370. The van der Waals surface area contributed by atoms with Crippen LogP contribution in [0.4, 0.5) is 0 Å². The van der Waals surface area contributed by atoms with Gasteiger partial charge in [-0.15, -0.1) is 11.3 Å². The van der Waals surface area contributed by atoms with Crippen molar-refractivity contribution in [2.75, 3.05) is 0 Å². The van der Waals surface area contributed by atoms with Crippen molar-refractivity contribution in [3.05, 3.63) is 72.8 Å². The van der Waals surface area contributed by atoms with Crippen molar-refractivity contribution >= 4 is 64.1 Å². The lowest BCUT2D eigenvalue weighted by Crippen LogP contribution is -1.90. The molecule has 0 saturated carbocycles. The minimum Gasteiger partial charge on any atom is -0.276 e. The molecule has 0 aliphatic carbocycles. The van der Waals surface area contributed by atoms with E-state index >= 15 is 0 Å². The molecule has 0 radical (unpaired) electrons. The summed E-state index contributed by atoms with van der Waals surface area (Å²) in [6, 6.07) is 25.7. The predicted octanol–water partition coefficient (Wildman–Crippen LogP) is 6.61. The lowest BCUT2D eigenvalue weighted by molar-refractivity contribution is 1.16. The third-order valence-corrected chi connectivity index (χ3v) is 6.85. The summed E-state index contributed by atoms with van der Waals surface area (Å²) in [5, 5.41) is 5.02. The minimum absolute atomic E-state index is 1.04. The topological polar surface area (TPSA) is 17.8 Å². The molecule has 0 atom stereocenters. The lowest BCUT2D eigenvalue weighted by atomic mass is 10.1. The summed E-state index contributed by atoms with van der Waals surface area (Å²) < 4.78 is 4.89. The Morgan fingerprint density at radius 1 is 0.680 bits per heavy atom. The van der Waals surface area contributed by atoms with Gasteiger partial charge in [0.05, 0.1) is 15.7 Å². The molecule has 2 nitrogen and oxygen atoms in total. The van der Waals surface area contributed by atoms with Crippen LogP contribution in [0.25, 0.3) is 46.6 Å². The first-order valence-corrected chi connectivity index (χ1v) is 9.80. The number of nitrogens with zero attached hydrogens (tertiary/aromatic N) is 2. The Morgan fingerprint density at radius 3 is 2.28 bits per heavy atom. The highest BCUT2D eigenvalue weighted by atomic mass is 32.1. The maximum atomic E-state index is 4.91. The molecule has 3 aromatic carbocycles. The Kier molecular flexibility index (Phi) is 2.67. The van der Waals surface area contributed by atoms with E-state index in [0.29, 0.717) is 0 Å². The summed E-state index contributed by atoms with van der Waals surface area (Å²) in [5.74, 6) is 0. The SMILES string of the molecule is c1ccc2sc(-n3c4ccccc4c4c5ccccc5sc43)nc2c1. The van der Waals surface area contributed by atoms with E-state index in [2.05, 4.69) is 77.4 Å². The molecular formula is C21H12N2S2. The van der Waals surface area contributed by atoms with E-state index in [-0.39, 0.29) is 0 Å². The third kappa shape index (κ3) is 1.81. The van der Waals surface area contributed by atoms with E-state index in [4.69, 9.17) is 4.98 Å². The summed E-state index contributed by atoms with van der Waals surface area (Å²) in [4.78, 5) is 6.19. The monoisotopic (exact) mass is 356 g/mol. The van der Waals surface area contributed by atoms with Gasteiger partial charge in [-0.3, -0.25) is 4.57 Å². The standard InChI is InChI=1S/C21H12N2S2/c1-4-10-16-13(7-1)19-14-8-2-5-11-17(14)24-20(19)23(16)21-22-15-9-3-6-12-18(15)25-21/h1-12H. The van der Waals surface area contributed by atoms with E-state index in [1.54, 1.807) is 11.3 Å². The Morgan fingerprint density at radius 2 is 1.40 bits per heavy atom. The molecule has 0 amide bonds. The summed E-state index contributed by atoms with van der Waals surface area (Å²) in [5.41, 5.74) is 2.29. The van der Waals surface area contributed by atoms with E-state index < -0.39 is 0 Å². The maximum absolute atomic E-state index is 4.91. The molecule has 4 heteroatoms. The van der Waals surface area contributed by atoms with Gasteiger partial charge in [-0.2, -0.15) is 0 Å². The molecule has 25 heavy (non-hydrogen) atoms. The van der Waals surface area contributed by atoms with Crippen LogP contribution in [-0.2, 0) is 0 Å². The fourth-order valence-electron chi connectivity index (χ4n) is 3.59. The fourth-order valence-corrected chi connectivity index (χ4v) is 5.86. The molecule has 6 rings (SSSR count). The Labute approximate surface area is 151 Å². The van der Waals surface area contributed by atoms with Crippen LogP contribution in [-0.4, -0.2) is 9.55 Å². The van der Waals surface area contributed by atoms with Crippen molar-refractivity contribution in [1.82, 2.24) is 9.55 Å². The van der Waals surface area contributed by atoms with E-state index in [9.17, 15) is 0 Å². The number of hydrogen-bond acceptors (Lipinski definition) is 3. The first kappa shape index (κ1) is 13.6. The highest BCUT2D eigenvalue weighted by molar-refractivity contribution is 7.26. The second-order valence-corrected chi connectivity index (χ2v) is 8.13. The largest absolute Gasteiger partial charge is 0.276 e.